The van der Waals surface area contributed by atoms with Crippen LogP contribution in [0.25, 0.3) is 20.5 Å². The summed E-state index contributed by atoms with van der Waals surface area (Å²) in [6.45, 7) is 4.94. The number of ether oxygens (including phenoxy) is 3. The summed E-state index contributed by atoms with van der Waals surface area (Å²) in [5.41, 5.74) is 2.41. The third-order valence-electron chi connectivity index (χ3n) is 6.06. The summed E-state index contributed by atoms with van der Waals surface area (Å²) in [6.07, 6.45) is 0. The molecule has 0 N–H and O–H groups in total. The maximum absolute atomic E-state index is 13.7. The molecule has 1 aliphatic heterocycles. The molecule has 0 saturated carbocycles. The molecule has 0 atom stereocenters. The third kappa shape index (κ3) is 4.85. The van der Waals surface area contributed by atoms with E-state index < -0.39 is 0 Å². The Hall–Kier alpha value is -3.19. The van der Waals surface area contributed by atoms with Gasteiger partial charge in [-0.15, -0.1) is 11.3 Å². The minimum atomic E-state index is 0.00939. The van der Waals surface area contributed by atoms with Crippen molar-refractivity contribution >= 4 is 27.2 Å². The van der Waals surface area contributed by atoms with E-state index in [1.807, 2.05) is 72.8 Å². The van der Waals surface area contributed by atoms with Gasteiger partial charge >= 0.3 is 0 Å². The first-order chi connectivity index (χ1) is 16.7. The van der Waals surface area contributed by atoms with Crippen molar-refractivity contribution in [2.45, 2.75) is 0 Å². The van der Waals surface area contributed by atoms with Gasteiger partial charge in [0, 0.05) is 45.7 Å². The van der Waals surface area contributed by atoms with Crippen LogP contribution in [0.3, 0.4) is 0 Å². The highest BCUT2D eigenvalue weighted by Gasteiger charge is 2.22. The number of ketones is 1. The molecule has 6 heteroatoms. The third-order valence-corrected chi connectivity index (χ3v) is 7.26. The molecule has 174 valence electrons. The van der Waals surface area contributed by atoms with Crippen molar-refractivity contribution in [3.8, 4) is 21.9 Å². The van der Waals surface area contributed by atoms with E-state index in [4.69, 9.17) is 14.2 Å². The van der Waals surface area contributed by atoms with Gasteiger partial charge in [0.1, 0.15) is 18.1 Å². The molecule has 2 heterocycles. The van der Waals surface area contributed by atoms with E-state index in [-0.39, 0.29) is 5.78 Å². The topological polar surface area (TPSA) is 48.0 Å². The highest BCUT2D eigenvalue weighted by atomic mass is 32.1. The molecule has 0 unspecified atom stereocenters. The van der Waals surface area contributed by atoms with Gasteiger partial charge in [-0.3, -0.25) is 9.69 Å². The average Bonchev–Trinajstić information content (AvgIpc) is 3.28. The lowest BCUT2D eigenvalue weighted by atomic mass is 9.97. The first kappa shape index (κ1) is 22.6. The van der Waals surface area contributed by atoms with E-state index in [0.29, 0.717) is 12.2 Å². The molecule has 0 aliphatic carbocycles. The van der Waals surface area contributed by atoms with Crippen molar-refractivity contribution in [3.05, 3.63) is 83.9 Å². The minimum absolute atomic E-state index is 0.00939. The van der Waals surface area contributed by atoms with E-state index in [2.05, 4.69) is 4.90 Å². The SMILES string of the molecule is COc1ccc2c(C(=O)c3ccc(OCCN4CCOCC4)cc3)c(-c3ccccc3)sc2c1. The van der Waals surface area contributed by atoms with Gasteiger partial charge in [0.2, 0.25) is 0 Å². The van der Waals surface area contributed by atoms with Crippen molar-refractivity contribution < 1.29 is 19.0 Å². The van der Waals surface area contributed by atoms with E-state index in [1.54, 1.807) is 18.4 Å². The molecule has 4 aromatic rings. The number of thiophene rings is 1. The van der Waals surface area contributed by atoms with Gasteiger partial charge in [-0.1, -0.05) is 30.3 Å². The number of rotatable bonds is 8. The summed E-state index contributed by atoms with van der Waals surface area (Å²) in [5.74, 6) is 1.56. The number of carbonyl (C=O) groups is 1. The van der Waals surface area contributed by atoms with Crippen LogP contribution in [0.15, 0.2) is 72.8 Å². The molecular formula is C28H27NO4S. The van der Waals surface area contributed by atoms with Gasteiger partial charge in [-0.05, 0) is 48.0 Å². The molecule has 1 fully saturated rings. The summed E-state index contributed by atoms with van der Waals surface area (Å²) < 4.78 is 17.7. The van der Waals surface area contributed by atoms with Crippen LogP contribution in [0.5, 0.6) is 11.5 Å². The lowest BCUT2D eigenvalue weighted by Gasteiger charge is -2.26. The number of carbonyl (C=O) groups excluding carboxylic acids is 1. The number of hydrogen-bond donors (Lipinski definition) is 0. The number of morpholine rings is 1. The average molecular weight is 474 g/mol. The fourth-order valence-electron chi connectivity index (χ4n) is 4.19. The fourth-order valence-corrected chi connectivity index (χ4v) is 5.42. The first-order valence-electron chi connectivity index (χ1n) is 11.5. The van der Waals surface area contributed by atoms with Gasteiger partial charge < -0.3 is 14.2 Å². The molecule has 3 aromatic carbocycles. The van der Waals surface area contributed by atoms with Crippen LogP contribution in [0.2, 0.25) is 0 Å². The van der Waals surface area contributed by atoms with Gasteiger partial charge in [-0.2, -0.15) is 0 Å². The number of fused-ring (bicyclic) bond motifs is 1. The predicted octanol–water partition coefficient (Wildman–Crippen LogP) is 5.52. The summed E-state index contributed by atoms with van der Waals surface area (Å²) in [5, 5.41) is 0.945. The Morgan fingerprint density at radius 3 is 2.44 bits per heavy atom. The molecule has 34 heavy (non-hydrogen) atoms. The molecule has 0 bridgehead atoms. The van der Waals surface area contributed by atoms with Crippen LogP contribution >= 0.6 is 11.3 Å². The lowest BCUT2D eigenvalue weighted by Crippen LogP contribution is -2.38. The van der Waals surface area contributed by atoms with Crippen LogP contribution in [-0.2, 0) is 4.74 Å². The Labute approximate surface area is 203 Å². The van der Waals surface area contributed by atoms with Crippen LogP contribution in [0, 0.1) is 0 Å². The molecule has 1 saturated heterocycles. The number of hydrogen-bond acceptors (Lipinski definition) is 6. The zero-order valence-corrected chi connectivity index (χ0v) is 20.0. The molecule has 1 aliphatic rings. The Morgan fingerprint density at radius 2 is 1.71 bits per heavy atom. The van der Waals surface area contributed by atoms with Crippen LogP contribution < -0.4 is 9.47 Å². The van der Waals surface area contributed by atoms with Gasteiger partial charge in [-0.25, -0.2) is 0 Å². The second-order valence-electron chi connectivity index (χ2n) is 8.19. The van der Waals surface area contributed by atoms with Gasteiger partial charge in [0.05, 0.1) is 20.3 Å². The monoisotopic (exact) mass is 473 g/mol. The van der Waals surface area contributed by atoms with Crippen molar-refractivity contribution in [2.24, 2.45) is 0 Å². The van der Waals surface area contributed by atoms with Crippen LogP contribution in [-0.4, -0.2) is 57.2 Å². The minimum Gasteiger partial charge on any atom is -0.497 e. The second kappa shape index (κ2) is 10.4. The number of nitrogens with zero attached hydrogens (tertiary/aromatic N) is 1. The van der Waals surface area contributed by atoms with Crippen LogP contribution in [0.1, 0.15) is 15.9 Å². The van der Waals surface area contributed by atoms with Crippen molar-refractivity contribution in [1.29, 1.82) is 0 Å². The zero-order valence-electron chi connectivity index (χ0n) is 19.2. The first-order valence-corrected chi connectivity index (χ1v) is 12.3. The van der Waals surface area contributed by atoms with Gasteiger partial charge in [0.25, 0.3) is 0 Å². The molecular weight excluding hydrogens is 446 g/mol. The summed E-state index contributed by atoms with van der Waals surface area (Å²) in [6, 6.07) is 23.4. The fraction of sp³-hybridized carbons (Fsp3) is 0.250. The Balaban J connectivity index is 1.39. The Morgan fingerprint density at radius 1 is 0.971 bits per heavy atom. The Bertz CT molecular complexity index is 1260. The van der Waals surface area contributed by atoms with E-state index in [0.717, 1.165) is 70.4 Å². The second-order valence-corrected chi connectivity index (χ2v) is 9.24. The van der Waals surface area contributed by atoms with E-state index >= 15 is 0 Å². The van der Waals surface area contributed by atoms with Crippen LogP contribution in [0.4, 0.5) is 0 Å². The quantitative estimate of drug-likeness (QED) is 0.316. The maximum Gasteiger partial charge on any atom is 0.195 e. The van der Waals surface area contributed by atoms with E-state index in [9.17, 15) is 4.79 Å². The van der Waals surface area contributed by atoms with E-state index in [1.165, 1.54) is 0 Å². The summed E-state index contributed by atoms with van der Waals surface area (Å²) in [7, 11) is 1.66. The largest absolute Gasteiger partial charge is 0.497 e. The number of methoxy groups -OCH3 is 1. The van der Waals surface area contributed by atoms with Crippen molar-refractivity contribution in [2.75, 3.05) is 46.6 Å². The molecule has 5 nitrogen and oxygen atoms in total. The molecule has 5 rings (SSSR count). The molecule has 1 aromatic heterocycles. The predicted molar refractivity (Wildman–Crippen MR) is 136 cm³/mol. The smallest absolute Gasteiger partial charge is 0.195 e. The highest BCUT2D eigenvalue weighted by Crippen LogP contribution is 2.41. The summed E-state index contributed by atoms with van der Waals surface area (Å²) >= 11 is 1.62. The summed E-state index contributed by atoms with van der Waals surface area (Å²) in [4.78, 5) is 17.0. The van der Waals surface area contributed by atoms with Crippen molar-refractivity contribution in [1.82, 2.24) is 4.90 Å². The maximum atomic E-state index is 13.7. The lowest BCUT2D eigenvalue weighted by molar-refractivity contribution is 0.0322. The van der Waals surface area contributed by atoms with Crippen molar-refractivity contribution in [3.63, 3.8) is 0 Å². The standard InChI is InChI=1S/C28H27NO4S/c1-31-23-11-12-24-25(19-23)34-28(21-5-3-2-4-6-21)26(24)27(30)20-7-9-22(10-8-20)33-18-15-29-13-16-32-17-14-29/h2-12,19H,13-18H2,1H3. The van der Waals surface area contributed by atoms with Gasteiger partial charge in [0.15, 0.2) is 5.78 Å². The zero-order chi connectivity index (χ0) is 23.3. The highest BCUT2D eigenvalue weighted by molar-refractivity contribution is 7.22. The molecule has 0 radical (unpaired) electrons. The molecule has 0 spiro atoms. The Kier molecular flexibility index (Phi) is 6.90. The normalized spacial score (nSPS) is 14.3. The molecule has 0 amide bonds. The number of benzene rings is 3.